The van der Waals surface area contributed by atoms with E-state index in [2.05, 4.69) is 21.0 Å². The maximum absolute atomic E-state index is 12.2. The third kappa shape index (κ3) is 4.18. The molecule has 1 aromatic carbocycles. The number of aromatic nitrogens is 2. The Balaban J connectivity index is 0.00000208. The Labute approximate surface area is 147 Å². The molecule has 1 saturated heterocycles. The smallest absolute Gasteiger partial charge is 0.320 e. The second-order valence-corrected chi connectivity index (χ2v) is 5.57. The second-order valence-electron chi connectivity index (χ2n) is 5.57. The number of hydrogen-bond acceptors (Lipinski definition) is 4. The van der Waals surface area contributed by atoms with Crippen molar-refractivity contribution < 1.29 is 9.53 Å². The van der Waals surface area contributed by atoms with Crippen LogP contribution in [0.1, 0.15) is 12.1 Å². The number of aryl methyl sites for hydroxylation is 1. The summed E-state index contributed by atoms with van der Waals surface area (Å²) in [6.07, 6.45) is 0.949. The van der Waals surface area contributed by atoms with Crippen LogP contribution < -0.4 is 20.7 Å². The molecule has 1 aliphatic rings. The van der Waals surface area contributed by atoms with Crippen molar-refractivity contribution in [1.29, 1.82) is 0 Å². The van der Waals surface area contributed by atoms with E-state index in [1.165, 1.54) is 0 Å². The van der Waals surface area contributed by atoms with Gasteiger partial charge in [-0.15, -0.1) is 12.4 Å². The highest BCUT2D eigenvalue weighted by atomic mass is 35.5. The Morgan fingerprint density at radius 3 is 2.75 bits per heavy atom. The number of carbonyl (C=O) groups is 1. The molecule has 130 valence electrons. The first-order valence-corrected chi connectivity index (χ1v) is 7.65. The van der Waals surface area contributed by atoms with Crippen LogP contribution in [0.25, 0.3) is 5.69 Å². The number of anilines is 1. The Hall–Kier alpha value is -2.25. The van der Waals surface area contributed by atoms with Gasteiger partial charge in [0.1, 0.15) is 11.6 Å². The van der Waals surface area contributed by atoms with Gasteiger partial charge in [0.25, 0.3) is 0 Å². The molecule has 1 fully saturated rings. The largest absolute Gasteiger partial charge is 0.497 e. The molecule has 1 aliphatic heterocycles. The predicted molar refractivity (Wildman–Crippen MR) is 95.5 cm³/mol. The summed E-state index contributed by atoms with van der Waals surface area (Å²) < 4.78 is 6.87. The first-order valence-electron chi connectivity index (χ1n) is 7.65. The van der Waals surface area contributed by atoms with E-state index >= 15 is 0 Å². The van der Waals surface area contributed by atoms with Crippen LogP contribution in [-0.2, 0) is 0 Å². The summed E-state index contributed by atoms with van der Waals surface area (Å²) in [4.78, 5) is 12.2. The number of amides is 2. The summed E-state index contributed by atoms with van der Waals surface area (Å²) in [6, 6.07) is 9.32. The summed E-state index contributed by atoms with van der Waals surface area (Å²) in [5.41, 5.74) is 1.69. The Morgan fingerprint density at radius 2 is 2.12 bits per heavy atom. The fourth-order valence-corrected chi connectivity index (χ4v) is 2.62. The average molecular weight is 352 g/mol. The van der Waals surface area contributed by atoms with E-state index < -0.39 is 0 Å². The van der Waals surface area contributed by atoms with E-state index in [1.807, 2.05) is 37.3 Å². The van der Waals surface area contributed by atoms with Crippen LogP contribution >= 0.6 is 12.4 Å². The number of benzene rings is 1. The Bertz CT molecular complexity index is 680. The quantitative estimate of drug-likeness (QED) is 0.788. The first-order chi connectivity index (χ1) is 11.2. The van der Waals surface area contributed by atoms with Gasteiger partial charge in [-0.1, -0.05) is 0 Å². The van der Waals surface area contributed by atoms with Gasteiger partial charge < -0.3 is 15.4 Å². The van der Waals surface area contributed by atoms with Gasteiger partial charge in [0, 0.05) is 18.7 Å². The third-order valence-electron chi connectivity index (χ3n) is 3.79. The molecular weight excluding hydrogens is 330 g/mol. The molecule has 0 saturated carbocycles. The highest BCUT2D eigenvalue weighted by Crippen LogP contribution is 2.20. The summed E-state index contributed by atoms with van der Waals surface area (Å²) in [7, 11) is 1.63. The SMILES string of the molecule is COc1ccc(-n2nc(C)cc2NC(=O)N[C@@H]2CCNC2)cc1.Cl. The van der Waals surface area contributed by atoms with Crippen molar-refractivity contribution >= 4 is 24.3 Å². The average Bonchev–Trinajstić information content (AvgIpc) is 3.17. The highest BCUT2D eigenvalue weighted by Gasteiger charge is 2.18. The molecule has 2 heterocycles. The maximum Gasteiger partial charge on any atom is 0.320 e. The minimum absolute atomic E-state index is 0. The van der Waals surface area contributed by atoms with Crippen LogP contribution in [-0.4, -0.2) is 42.1 Å². The monoisotopic (exact) mass is 351 g/mol. The normalized spacial score (nSPS) is 16.3. The molecule has 2 amide bonds. The number of hydrogen-bond donors (Lipinski definition) is 3. The van der Waals surface area contributed by atoms with Gasteiger partial charge in [-0.2, -0.15) is 5.10 Å². The van der Waals surface area contributed by atoms with Crippen LogP contribution in [0.2, 0.25) is 0 Å². The van der Waals surface area contributed by atoms with Crippen molar-refractivity contribution in [2.45, 2.75) is 19.4 Å². The van der Waals surface area contributed by atoms with E-state index in [0.29, 0.717) is 5.82 Å². The molecule has 0 aliphatic carbocycles. The molecule has 1 atom stereocenters. The zero-order valence-electron chi connectivity index (χ0n) is 13.7. The zero-order valence-corrected chi connectivity index (χ0v) is 14.5. The molecule has 0 unspecified atom stereocenters. The summed E-state index contributed by atoms with van der Waals surface area (Å²) >= 11 is 0. The van der Waals surface area contributed by atoms with Crippen LogP contribution in [0.4, 0.5) is 10.6 Å². The van der Waals surface area contributed by atoms with Crippen LogP contribution in [0.15, 0.2) is 30.3 Å². The van der Waals surface area contributed by atoms with Gasteiger partial charge in [-0.05, 0) is 44.2 Å². The molecule has 0 spiro atoms. The van der Waals surface area contributed by atoms with E-state index in [4.69, 9.17) is 4.74 Å². The molecule has 0 radical (unpaired) electrons. The van der Waals surface area contributed by atoms with E-state index in [0.717, 1.165) is 36.6 Å². The van der Waals surface area contributed by atoms with Crippen LogP contribution in [0.5, 0.6) is 5.75 Å². The van der Waals surface area contributed by atoms with Gasteiger partial charge in [0.2, 0.25) is 0 Å². The third-order valence-corrected chi connectivity index (χ3v) is 3.79. The van der Waals surface area contributed by atoms with Crippen molar-refractivity contribution in [3.05, 3.63) is 36.0 Å². The van der Waals surface area contributed by atoms with E-state index in [1.54, 1.807) is 11.8 Å². The molecule has 0 bridgehead atoms. The Kier molecular flexibility index (Phi) is 6.05. The summed E-state index contributed by atoms with van der Waals surface area (Å²) in [6.45, 7) is 3.64. The summed E-state index contributed by atoms with van der Waals surface area (Å²) in [5, 5.41) is 13.5. The van der Waals surface area contributed by atoms with Gasteiger partial charge in [-0.25, -0.2) is 9.48 Å². The number of ether oxygens (including phenoxy) is 1. The van der Waals surface area contributed by atoms with Gasteiger partial charge >= 0.3 is 6.03 Å². The van der Waals surface area contributed by atoms with Gasteiger partial charge in [-0.3, -0.25) is 5.32 Å². The second kappa shape index (κ2) is 8.03. The zero-order chi connectivity index (χ0) is 16.2. The number of rotatable bonds is 4. The minimum atomic E-state index is -0.214. The number of urea groups is 1. The fourth-order valence-electron chi connectivity index (χ4n) is 2.62. The molecule has 8 heteroatoms. The lowest BCUT2D eigenvalue weighted by Gasteiger charge is -2.13. The standard InChI is InChI=1S/C16H21N5O2.ClH/c1-11-9-15(19-16(22)18-12-7-8-17-10-12)21(20-11)13-3-5-14(23-2)6-4-13;/h3-6,9,12,17H,7-8,10H2,1-2H3,(H2,18,19,22);1H/t12-;/m1./s1. The van der Waals surface area contributed by atoms with Gasteiger partial charge in [0.05, 0.1) is 18.5 Å². The Morgan fingerprint density at radius 1 is 1.38 bits per heavy atom. The maximum atomic E-state index is 12.2. The lowest BCUT2D eigenvalue weighted by atomic mass is 10.3. The lowest BCUT2D eigenvalue weighted by molar-refractivity contribution is 0.249. The van der Waals surface area contributed by atoms with Crippen molar-refractivity contribution in [2.75, 3.05) is 25.5 Å². The number of nitrogens with one attached hydrogen (secondary N) is 3. The molecule has 3 rings (SSSR count). The minimum Gasteiger partial charge on any atom is -0.497 e. The molecule has 2 aromatic rings. The van der Waals surface area contributed by atoms with Crippen molar-refractivity contribution in [2.24, 2.45) is 0 Å². The van der Waals surface area contributed by atoms with Crippen molar-refractivity contribution in [1.82, 2.24) is 20.4 Å². The van der Waals surface area contributed by atoms with E-state index in [9.17, 15) is 4.79 Å². The number of carbonyl (C=O) groups excluding carboxylic acids is 1. The molecule has 1 aromatic heterocycles. The predicted octanol–water partition coefficient (Wildman–Crippen LogP) is 2.09. The number of methoxy groups -OCH3 is 1. The molecule has 3 N–H and O–H groups in total. The fraction of sp³-hybridized carbons (Fsp3) is 0.375. The molecular formula is C16H22ClN5O2. The van der Waals surface area contributed by atoms with Crippen molar-refractivity contribution in [3.8, 4) is 11.4 Å². The lowest BCUT2D eigenvalue weighted by Crippen LogP contribution is -2.39. The first kappa shape index (κ1) is 18.1. The van der Waals surface area contributed by atoms with Crippen LogP contribution in [0, 0.1) is 6.92 Å². The molecule has 7 nitrogen and oxygen atoms in total. The van der Waals surface area contributed by atoms with Crippen molar-refractivity contribution in [3.63, 3.8) is 0 Å². The topological polar surface area (TPSA) is 80.2 Å². The van der Waals surface area contributed by atoms with Gasteiger partial charge in [0.15, 0.2) is 0 Å². The number of halogens is 1. The molecule has 24 heavy (non-hydrogen) atoms. The van der Waals surface area contributed by atoms with Crippen LogP contribution in [0.3, 0.4) is 0 Å². The van der Waals surface area contributed by atoms with E-state index in [-0.39, 0.29) is 24.5 Å². The highest BCUT2D eigenvalue weighted by molar-refractivity contribution is 5.89. The summed E-state index contributed by atoms with van der Waals surface area (Å²) in [5.74, 6) is 1.41. The number of nitrogens with zero attached hydrogens (tertiary/aromatic N) is 2.